The first kappa shape index (κ1) is 10.2. The van der Waals surface area contributed by atoms with Crippen LogP contribution in [-0.2, 0) is 15.1 Å². The molecule has 1 rings (SSSR count). The standard InChI is InChI=1S/C9H12O3S/c1-6-4-5-7(13-6)9(2,12-3)8(10)11/h4-5H,1-3H3,(H,10,11). The fraction of sp³-hybridized carbons (Fsp3) is 0.444. The molecule has 72 valence electrons. The number of methoxy groups -OCH3 is 1. The molecule has 0 radical (unpaired) electrons. The summed E-state index contributed by atoms with van der Waals surface area (Å²) in [5, 5.41) is 8.98. The lowest BCUT2D eigenvalue weighted by Crippen LogP contribution is -2.33. The molecular formula is C9H12O3S. The third kappa shape index (κ3) is 1.73. The van der Waals surface area contributed by atoms with Crippen molar-refractivity contribution >= 4 is 17.3 Å². The van der Waals surface area contributed by atoms with Gasteiger partial charge in [0, 0.05) is 16.9 Å². The van der Waals surface area contributed by atoms with Gasteiger partial charge in [-0.2, -0.15) is 0 Å². The number of aliphatic carboxylic acids is 1. The van der Waals surface area contributed by atoms with Crippen molar-refractivity contribution < 1.29 is 14.6 Å². The molecule has 1 aromatic heterocycles. The first-order valence-corrected chi connectivity index (χ1v) is 4.68. The van der Waals surface area contributed by atoms with Crippen LogP contribution in [0.1, 0.15) is 16.7 Å². The molecule has 4 heteroatoms. The molecule has 0 spiro atoms. The summed E-state index contributed by atoms with van der Waals surface area (Å²) >= 11 is 1.44. The molecule has 0 saturated carbocycles. The van der Waals surface area contributed by atoms with Crippen LogP contribution in [0.4, 0.5) is 0 Å². The number of rotatable bonds is 3. The Kier molecular flexibility index (Phi) is 2.73. The van der Waals surface area contributed by atoms with Crippen LogP contribution in [0.25, 0.3) is 0 Å². The molecule has 0 fully saturated rings. The van der Waals surface area contributed by atoms with E-state index in [-0.39, 0.29) is 0 Å². The van der Waals surface area contributed by atoms with Gasteiger partial charge in [-0.1, -0.05) is 0 Å². The van der Waals surface area contributed by atoms with Crippen molar-refractivity contribution in [2.24, 2.45) is 0 Å². The molecule has 0 aliphatic carbocycles. The van der Waals surface area contributed by atoms with Gasteiger partial charge in [-0.05, 0) is 26.0 Å². The lowest BCUT2D eigenvalue weighted by molar-refractivity contribution is -0.160. The van der Waals surface area contributed by atoms with E-state index >= 15 is 0 Å². The van der Waals surface area contributed by atoms with Crippen LogP contribution in [-0.4, -0.2) is 18.2 Å². The summed E-state index contributed by atoms with van der Waals surface area (Å²) in [6, 6.07) is 3.68. The monoisotopic (exact) mass is 200 g/mol. The van der Waals surface area contributed by atoms with E-state index in [1.54, 1.807) is 13.0 Å². The molecular weight excluding hydrogens is 188 g/mol. The number of aryl methyl sites for hydroxylation is 1. The third-order valence-electron chi connectivity index (χ3n) is 2.03. The van der Waals surface area contributed by atoms with E-state index in [0.29, 0.717) is 0 Å². The molecule has 1 atom stereocenters. The minimum absolute atomic E-state index is 0.722. The highest BCUT2D eigenvalue weighted by Gasteiger charge is 2.36. The highest BCUT2D eigenvalue weighted by atomic mass is 32.1. The lowest BCUT2D eigenvalue weighted by Gasteiger charge is -2.21. The topological polar surface area (TPSA) is 46.5 Å². The average Bonchev–Trinajstić information content (AvgIpc) is 2.50. The number of thiophene rings is 1. The van der Waals surface area contributed by atoms with Gasteiger partial charge >= 0.3 is 5.97 Å². The maximum absolute atomic E-state index is 10.9. The molecule has 0 aliphatic heterocycles. The van der Waals surface area contributed by atoms with Gasteiger partial charge in [0.2, 0.25) is 0 Å². The Morgan fingerprint density at radius 3 is 2.54 bits per heavy atom. The molecule has 1 heterocycles. The summed E-state index contributed by atoms with van der Waals surface area (Å²) in [7, 11) is 1.41. The van der Waals surface area contributed by atoms with Crippen LogP contribution in [0, 0.1) is 6.92 Å². The number of carbonyl (C=O) groups is 1. The Balaban J connectivity index is 3.09. The normalized spacial score (nSPS) is 15.3. The lowest BCUT2D eigenvalue weighted by atomic mass is 10.1. The highest BCUT2D eigenvalue weighted by Crippen LogP contribution is 2.30. The van der Waals surface area contributed by atoms with Crippen LogP contribution in [0.3, 0.4) is 0 Å². The van der Waals surface area contributed by atoms with Gasteiger partial charge in [0.15, 0.2) is 5.60 Å². The third-order valence-corrected chi connectivity index (χ3v) is 3.23. The van der Waals surface area contributed by atoms with Crippen LogP contribution < -0.4 is 0 Å². The van der Waals surface area contributed by atoms with Crippen molar-refractivity contribution in [2.75, 3.05) is 7.11 Å². The summed E-state index contributed by atoms with van der Waals surface area (Å²) in [5.74, 6) is -0.961. The zero-order chi connectivity index (χ0) is 10.1. The van der Waals surface area contributed by atoms with E-state index in [4.69, 9.17) is 9.84 Å². The summed E-state index contributed by atoms with van der Waals surface area (Å²) < 4.78 is 5.01. The Hall–Kier alpha value is -0.870. The number of carboxylic acid groups (broad SMARTS) is 1. The maximum atomic E-state index is 10.9. The van der Waals surface area contributed by atoms with Crippen LogP contribution in [0.2, 0.25) is 0 Å². The molecule has 1 N–H and O–H groups in total. The largest absolute Gasteiger partial charge is 0.479 e. The van der Waals surface area contributed by atoms with Crippen molar-refractivity contribution in [3.8, 4) is 0 Å². The van der Waals surface area contributed by atoms with E-state index in [1.165, 1.54) is 18.4 Å². The SMILES string of the molecule is COC(C)(C(=O)O)c1ccc(C)s1. The van der Waals surface area contributed by atoms with Crippen LogP contribution >= 0.6 is 11.3 Å². The first-order chi connectivity index (χ1) is 6.00. The average molecular weight is 200 g/mol. The number of hydrogen-bond donors (Lipinski definition) is 1. The molecule has 3 nitrogen and oxygen atoms in total. The van der Waals surface area contributed by atoms with Crippen molar-refractivity contribution in [2.45, 2.75) is 19.4 Å². The minimum atomic E-state index is -1.21. The fourth-order valence-electron chi connectivity index (χ4n) is 0.984. The zero-order valence-electron chi connectivity index (χ0n) is 7.83. The molecule has 0 aromatic carbocycles. The van der Waals surface area contributed by atoms with Crippen molar-refractivity contribution in [3.63, 3.8) is 0 Å². The van der Waals surface area contributed by atoms with Gasteiger partial charge in [0.25, 0.3) is 0 Å². The highest BCUT2D eigenvalue weighted by molar-refractivity contribution is 7.12. The van der Waals surface area contributed by atoms with Crippen LogP contribution in [0.15, 0.2) is 12.1 Å². The Morgan fingerprint density at radius 1 is 1.62 bits per heavy atom. The molecule has 0 amide bonds. The number of hydrogen-bond acceptors (Lipinski definition) is 3. The summed E-state index contributed by atoms with van der Waals surface area (Å²) in [5.41, 5.74) is -1.21. The first-order valence-electron chi connectivity index (χ1n) is 3.86. The Morgan fingerprint density at radius 2 is 2.23 bits per heavy atom. The summed E-state index contributed by atoms with van der Waals surface area (Å²) in [6.45, 7) is 3.49. The van der Waals surface area contributed by atoms with Crippen molar-refractivity contribution in [1.82, 2.24) is 0 Å². The maximum Gasteiger partial charge on any atom is 0.341 e. The quantitative estimate of drug-likeness (QED) is 0.811. The van der Waals surface area contributed by atoms with Crippen LogP contribution in [0.5, 0.6) is 0 Å². The molecule has 0 bridgehead atoms. The van der Waals surface area contributed by atoms with Crippen molar-refractivity contribution in [1.29, 1.82) is 0 Å². The Bertz CT molecular complexity index is 318. The second-order valence-corrected chi connectivity index (χ2v) is 4.24. The van der Waals surface area contributed by atoms with E-state index in [0.717, 1.165) is 9.75 Å². The predicted octanol–water partition coefficient (Wildman–Crippen LogP) is 2.00. The zero-order valence-corrected chi connectivity index (χ0v) is 8.64. The van der Waals surface area contributed by atoms with Gasteiger partial charge in [0.1, 0.15) is 0 Å². The molecule has 1 aromatic rings. The minimum Gasteiger partial charge on any atom is -0.479 e. The van der Waals surface area contributed by atoms with Gasteiger partial charge < -0.3 is 9.84 Å². The number of ether oxygens (including phenoxy) is 1. The summed E-state index contributed by atoms with van der Waals surface area (Å²) in [4.78, 5) is 12.7. The smallest absolute Gasteiger partial charge is 0.341 e. The molecule has 0 saturated heterocycles. The number of carboxylic acids is 1. The summed E-state index contributed by atoms with van der Waals surface area (Å²) in [6.07, 6.45) is 0. The van der Waals surface area contributed by atoms with E-state index in [1.807, 2.05) is 13.0 Å². The van der Waals surface area contributed by atoms with Crippen molar-refractivity contribution in [3.05, 3.63) is 21.9 Å². The molecule has 1 unspecified atom stereocenters. The van der Waals surface area contributed by atoms with E-state index < -0.39 is 11.6 Å². The second kappa shape index (κ2) is 3.47. The van der Waals surface area contributed by atoms with E-state index in [2.05, 4.69) is 0 Å². The fourth-order valence-corrected chi connectivity index (χ4v) is 1.97. The van der Waals surface area contributed by atoms with Gasteiger partial charge in [0.05, 0.1) is 0 Å². The van der Waals surface area contributed by atoms with Gasteiger partial charge in [-0.3, -0.25) is 0 Å². The Labute approximate surface area is 81.0 Å². The molecule has 0 aliphatic rings. The second-order valence-electron chi connectivity index (χ2n) is 2.95. The van der Waals surface area contributed by atoms with E-state index in [9.17, 15) is 4.79 Å². The molecule has 13 heavy (non-hydrogen) atoms. The van der Waals surface area contributed by atoms with Gasteiger partial charge in [-0.25, -0.2) is 4.79 Å². The van der Waals surface area contributed by atoms with Gasteiger partial charge in [-0.15, -0.1) is 11.3 Å². The predicted molar refractivity (Wildman–Crippen MR) is 51.1 cm³/mol.